The zero-order chi connectivity index (χ0) is 11.7. The van der Waals surface area contributed by atoms with Crippen molar-refractivity contribution in [2.75, 3.05) is 26.2 Å². The fraction of sp³-hybridized carbons (Fsp3) is 0.909. The van der Waals surface area contributed by atoms with Crippen LogP contribution in [0.15, 0.2) is 0 Å². The van der Waals surface area contributed by atoms with Crippen LogP contribution in [0.2, 0.25) is 0 Å². The first-order chi connectivity index (χ1) is 7.56. The van der Waals surface area contributed by atoms with E-state index in [0.717, 1.165) is 13.1 Å². The van der Waals surface area contributed by atoms with Crippen LogP contribution in [0.1, 0.15) is 20.3 Å². The van der Waals surface area contributed by atoms with Crippen LogP contribution < -0.4 is 5.32 Å². The number of hydrogen-bond acceptors (Lipinski definition) is 2. The van der Waals surface area contributed by atoms with E-state index in [2.05, 4.69) is 19.2 Å². The Labute approximate surface area is 95.8 Å². The summed E-state index contributed by atoms with van der Waals surface area (Å²) in [5, 5.41) is 3.38. The van der Waals surface area contributed by atoms with Gasteiger partial charge in [-0.25, -0.2) is 9.18 Å². The summed E-state index contributed by atoms with van der Waals surface area (Å²) >= 11 is 0. The summed E-state index contributed by atoms with van der Waals surface area (Å²) < 4.78 is 13.0. The minimum atomic E-state index is -0.832. The molecule has 0 aromatic carbocycles. The Bertz CT molecular complexity index is 264. The second-order valence-electron chi connectivity index (χ2n) is 4.99. The molecule has 0 saturated carbocycles. The standard InChI is InChI=1S/C11H20FN3O/c1-8-5-15(6-9(2)13-8)11(16)14-4-3-10(12)7-14/h8-10,13H,3-7H2,1-2H3. The zero-order valence-electron chi connectivity index (χ0n) is 9.95. The Hall–Kier alpha value is -0.840. The SMILES string of the molecule is CC1CN(C(=O)N2CCC(F)C2)CC(C)N1. The number of piperazine rings is 1. The molecule has 1 N–H and O–H groups in total. The first-order valence-corrected chi connectivity index (χ1v) is 6.00. The number of urea groups is 1. The van der Waals surface area contributed by atoms with Gasteiger partial charge in [0.1, 0.15) is 6.17 Å². The smallest absolute Gasteiger partial charge is 0.320 e. The largest absolute Gasteiger partial charge is 0.322 e. The molecule has 2 aliphatic heterocycles. The molecule has 0 aliphatic carbocycles. The molecule has 0 radical (unpaired) electrons. The van der Waals surface area contributed by atoms with Gasteiger partial charge >= 0.3 is 6.03 Å². The van der Waals surface area contributed by atoms with Gasteiger partial charge in [0.05, 0.1) is 6.54 Å². The molecular formula is C11H20FN3O. The first kappa shape index (κ1) is 11.6. The van der Waals surface area contributed by atoms with Gasteiger partial charge in [0.2, 0.25) is 0 Å². The van der Waals surface area contributed by atoms with Crippen molar-refractivity contribution in [3.63, 3.8) is 0 Å². The zero-order valence-corrected chi connectivity index (χ0v) is 9.95. The highest BCUT2D eigenvalue weighted by molar-refractivity contribution is 5.75. The van der Waals surface area contributed by atoms with Gasteiger partial charge in [-0.15, -0.1) is 0 Å². The molecule has 0 aromatic rings. The number of nitrogens with one attached hydrogen (secondary N) is 1. The van der Waals surface area contributed by atoms with Crippen LogP contribution in [-0.4, -0.2) is 60.3 Å². The molecule has 2 heterocycles. The molecule has 2 fully saturated rings. The highest BCUT2D eigenvalue weighted by atomic mass is 19.1. The van der Waals surface area contributed by atoms with Crippen molar-refractivity contribution in [1.82, 2.24) is 15.1 Å². The molecule has 3 atom stereocenters. The van der Waals surface area contributed by atoms with Crippen molar-refractivity contribution in [1.29, 1.82) is 0 Å². The molecule has 2 amide bonds. The van der Waals surface area contributed by atoms with Gasteiger partial charge in [-0.05, 0) is 20.3 Å². The van der Waals surface area contributed by atoms with Gasteiger partial charge in [-0.3, -0.25) is 0 Å². The number of carbonyl (C=O) groups is 1. The van der Waals surface area contributed by atoms with E-state index in [9.17, 15) is 9.18 Å². The molecule has 0 aromatic heterocycles. The molecular weight excluding hydrogens is 209 g/mol. The second kappa shape index (κ2) is 4.57. The van der Waals surface area contributed by atoms with Crippen LogP contribution >= 0.6 is 0 Å². The van der Waals surface area contributed by atoms with E-state index in [1.54, 1.807) is 4.90 Å². The number of nitrogens with zero attached hydrogens (tertiary/aromatic N) is 2. The summed E-state index contributed by atoms with van der Waals surface area (Å²) in [6, 6.07) is 0.633. The lowest BCUT2D eigenvalue weighted by atomic mass is 10.1. The maximum Gasteiger partial charge on any atom is 0.320 e. The third-order valence-corrected chi connectivity index (χ3v) is 3.23. The molecule has 2 rings (SSSR count). The maximum atomic E-state index is 13.0. The molecule has 92 valence electrons. The van der Waals surface area contributed by atoms with E-state index in [1.807, 2.05) is 4.90 Å². The summed E-state index contributed by atoms with van der Waals surface area (Å²) in [5.74, 6) is 0. The van der Waals surface area contributed by atoms with Crippen LogP contribution in [-0.2, 0) is 0 Å². The van der Waals surface area contributed by atoms with Crippen LogP contribution in [0.4, 0.5) is 9.18 Å². The monoisotopic (exact) mass is 229 g/mol. The molecule has 4 nitrogen and oxygen atoms in total. The number of likely N-dealkylation sites (tertiary alicyclic amines) is 1. The van der Waals surface area contributed by atoms with Crippen LogP contribution in [0.5, 0.6) is 0 Å². The van der Waals surface area contributed by atoms with Crippen molar-refractivity contribution in [2.45, 2.75) is 38.5 Å². The van der Waals surface area contributed by atoms with Crippen LogP contribution in [0.3, 0.4) is 0 Å². The number of amides is 2. The second-order valence-corrected chi connectivity index (χ2v) is 4.99. The average Bonchev–Trinajstić information content (AvgIpc) is 2.62. The molecule has 0 spiro atoms. The summed E-state index contributed by atoms with van der Waals surface area (Å²) in [6.45, 7) is 6.40. The lowest BCUT2D eigenvalue weighted by molar-refractivity contribution is 0.133. The first-order valence-electron chi connectivity index (χ1n) is 6.00. The molecule has 16 heavy (non-hydrogen) atoms. The minimum Gasteiger partial charge on any atom is -0.322 e. The Morgan fingerprint density at radius 1 is 1.19 bits per heavy atom. The number of hydrogen-bond donors (Lipinski definition) is 1. The summed E-state index contributed by atoms with van der Waals surface area (Å²) in [4.78, 5) is 15.6. The predicted molar refractivity (Wildman–Crippen MR) is 60.1 cm³/mol. The Balaban J connectivity index is 1.93. The van der Waals surface area contributed by atoms with Gasteiger partial charge in [-0.1, -0.05) is 0 Å². The number of rotatable bonds is 0. The van der Waals surface area contributed by atoms with Gasteiger partial charge < -0.3 is 15.1 Å². The minimum absolute atomic E-state index is 0.000324. The van der Waals surface area contributed by atoms with E-state index in [4.69, 9.17) is 0 Å². The van der Waals surface area contributed by atoms with Crippen molar-refractivity contribution in [2.24, 2.45) is 0 Å². The Morgan fingerprint density at radius 2 is 1.81 bits per heavy atom. The van der Waals surface area contributed by atoms with Gasteiger partial charge in [0, 0.05) is 31.7 Å². The molecule has 2 aliphatic rings. The van der Waals surface area contributed by atoms with E-state index < -0.39 is 6.17 Å². The Morgan fingerprint density at radius 3 is 2.31 bits per heavy atom. The van der Waals surface area contributed by atoms with E-state index in [0.29, 0.717) is 25.0 Å². The van der Waals surface area contributed by atoms with Crippen LogP contribution in [0.25, 0.3) is 0 Å². The fourth-order valence-electron chi connectivity index (χ4n) is 2.57. The maximum absolute atomic E-state index is 13.0. The van der Waals surface area contributed by atoms with Crippen molar-refractivity contribution < 1.29 is 9.18 Å². The highest BCUT2D eigenvalue weighted by Crippen LogP contribution is 2.16. The summed E-state index contributed by atoms with van der Waals surface area (Å²) in [7, 11) is 0. The third-order valence-electron chi connectivity index (χ3n) is 3.23. The summed E-state index contributed by atoms with van der Waals surface area (Å²) in [5.41, 5.74) is 0. The van der Waals surface area contributed by atoms with E-state index in [-0.39, 0.29) is 12.6 Å². The normalized spacial score (nSPS) is 35.6. The lowest BCUT2D eigenvalue weighted by Crippen LogP contribution is -2.58. The van der Waals surface area contributed by atoms with Gasteiger partial charge in [0.15, 0.2) is 0 Å². The van der Waals surface area contributed by atoms with Crippen molar-refractivity contribution >= 4 is 6.03 Å². The number of halogens is 1. The van der Waals surface area contributed by atoms with Crippen LogP contribution in [0, 0.1) is 0 Å². The fourth-order valence-corrected chi connectivity index (χ4v) is 2.57. The molecule has 0 bridgehead atoms. The number of carbonyl (C=O) groups excluding carboxylic acids is 1. The van der Waals surface area contributed by atoms with Gasteiger partial charge in [0.25, 0.3) is 0 Å². The quantitative estimate of drug-likeness (QED) is 0.668. The molecule has 2 saturated heterocycles. The topological polar surface area (TPSA) is 35.6 Å². The predicted octanol–water partition coefficient (Wildman–Crippen LogP) is 0.832. The Kier molecular flexibility index (Phi) is 3.33. The average molecular weight is 229 g/mol. The molecule has 3 unspecified atom stereocenters. The lowest BCUT2D eigenvalue weighted by Gasteiger charge is -2.38. The van der Waals surface area contributed by atoms with Gasteiger partial charge in [-0.2, -0.15) is 0 Å². The van der Waals surface area contributed by atoms with E-state index >= 15 is 0 Å². The third kappa shape index (κ3) is 2.45. The van der Waals surface area contributed by atoms with E-state index in [1.165, 1.54) is 0 Å². The number of alkyl halides is 1. The van der Waals surface area contributed by atoms with Crippen molar-refractivity contribution in [3.05, 3.63) is 0 Å². The highest BCUT2D eigenvalue weighted by Gasteiger charge is 2.32. The van der Waals surface area contributed by atoms with Crippen molar-refractivity contribution in [3.8, 4) is 0 Å². The summed E-state index contributed by atoms with van der Waals surface area (Å²) in [6.07, 6.45) is -0.343. The molecule has 5 heteroatoms.